The molecule has 2 aliphatic rings. The molecule has 0 radical (unpaired) electrons. The van der Waals surface area contributed by atoms with Crippen LogP contribution >= 0.6 is 0 Å². The van der Waals surface area contributed by atoms with Crippen molar-refractivity contribution in [2.45, 2.75) is 64.8 Å². The SMILES string of the molecule is CCCCc1c(Cc2ccc(-c3ccccc3)c(C3=NNC(=O)C3)c2)c(=O)n(C2CCOCC2)c2nc(C)nn12. The fraction of sp³-hybridized carbons (Fsp3) is 0.387. The largest absolute Gasteiger partial charge is 0.381 e. The summed E-state index contributed by atoms with van der Waals surface area (Å²) >= 11 is 0. The maximum Gasteiger partial charge on any atom is 0.259 e. The number of rotatable bonds is 8. The molecule has 1 amide bonds. The normalized spacial score (nSPS) is 15.9. The van der Waals surface area contributed by atoms with E-state index < -0.39 is 0 Å². The predicted molar refractivity (Wildman–Crippen MR) is 154 cm³/mol. The molecule has 2 aromatic carbocycles. The molecule has 0 spiro atoms. The third-order valence-electron chi connectivity index (χ3n) is 7.82. The third kappa shape index (κ3) is 4.97. The van der Waals surface area contributed by atoms with Crippen LogP contribution in [0, 0.1) is 6.92 Å². The standard InChI is InChI=1S/C31H34N6O3/c1-3-4-10-28-26(30(39)36(23-13-15-40-16-14-23)31-32-20(2)35-37(28)31)18-21-11-12-24(22-8-6-5-7-9-22)25(17-21)27-19-29(38)34-33-27/h5-9,11-12,17,23H,3-4,10,13-16,18-19H2,1-2H3,(H,34,38). The summed E-state index contributed by atoms with van der Waals surface area (Å²) < 4.78 is 9.36. The Balaban J connectivity index is 1.50. The van der Waals surface area contributed by atoms with E-state index in [1.807, 2.05) is 34.2 Å². The van der Waals surface area contributed by atoms with Gasteiger partial charge in [0.2, 0.25) is 11.7 Å². The first-order valence-electron chi connectivity index (χ1n) is 14.1. The summed E-state index contributed by atoms with van der Waals surface area (Å²) in [6.45, 7) is 5.28. The Bertz CT molecular complexity index is 1650. The van der Waals surface area contributed by atoms with Crippen molar-refractivity contribution >= 4 is 17.4 Å². The van der Waals surface area contributed by atoms with E-state index in [9.17, 15) is 9.59 Å². The quantitative estimate of drug-likeness (QED) is 0.359. The van der Waals surface area contributed by atoms with Gasteiger partial charge in [-0.05, 0) is 55.4 Å². The second-order valence-corrected chi connectivity index (χ2v) is 10.6. The summed E-state index contributed by atoms with van der Waals surface area (Å²) in [6.07, 6.45) is 4.92. The molecule has 0 saturated carbocycles. The zero-order chi connectivity index (χ0) is 27.6. The Morgan fingerprint density at radius 2 is 1.85 bits per heavy atom. The van der Waals surface area contributed by atoms with Gasteiger partial charge >= 0.3 is 0 Å². The second-order valence-electron chi connectivity index (χ2n) is 10.6. The number of hydrazone groups is 1. The Morgan fingerprint density at radius 1 is 1.05 bits per heavy atom. The summed E-state index contributed by atoms with van der Waals surface area (Å²) in [5, 5.41) is 9.09. The number of amides is 1. The van der Waals surface area contributed by atoms with E-state index in [1.54, 1.807) is 0 Å². The van der Waals surface area contributed by atoms with Crippen molar-refractivity contribution in [2.75, 3.05) is 13.2 Å². The van der Waals surface area contributed by atoms with Crippen LogP contribution < -0.4 is 11.0 Å². The zero-order valence-corrected chi connectivity index (χ0v) is 23.0. The van der Waals surface area contributed by atoms with Gasteiger partial charge in [0.05, 0.1) is 17.8 Å². The average Bonchev–Trinajstić information content (AvgIpc) is 3.59. The number of unbranched alkanes of at least 4 members (excludes halogenated alkanes) is 1. The summed E-state index contributed by atoms with van der Waals surface area (Å²) in [5.74, 6) is 1.16. The van der Waals surface area contributed by atoms with Crippen LogP contribution in [0.2, 0.25) is 0 Å². The van der Waals surface area contributed by atoms with E-state index in [2.05, 4.69) is 47.8 Å². The maximum atomic E-state index is 14.3. The Hall–Kier alpha value is -4.11. The highest BCUT2D eigenvalue weighted by Crippen LogP contribution is 2.29. The first kappa shape index (κ1) is 26.1. The van der Waals surface area contributed by atoms with Crippen LogP contribution in [0.15, 0.2) is 58.4 Å². The lowest BCUT2D eigenvalue weighted by Crippen LogP contribution is -2.34. The molecule has 9 nitrogen and oxygen atoms in total. The van der Waals surface area contributed by atoms with E-state index in [0.29, 0.717) is 36.9 Å². The van der Waals surface area contributed by atoms with Crippen molar-refractivity contribution < 1.29 is 9.53 Å². The number of aromatic nitrogens is 4. The smallest absolute Gasteiger partial charge is 0.259 e. The zero-order valence-electron chi connectivity index (χ0n) is 23.0. The molecule has 206 valence electrons. The fourth-order valence-corrected chi connectivity index (χ4v) is 5.81. The highest BCUT2D eigenvalue weighted by Gasteiger charge is 2.26. The van der Waals surface area contributed by atoms with E-state index in [-0.39, 0.29) is 23.9 Å². The molecular weight excluding hydrogens is 504 g/mol. The molecule has 9 heteroatoms. The molecule has 0 aliphatic carbocycles. The number of hydrogen-bond acceptors (Lipinski definition) is 6. The molecule has 0 unspecified atom stereocenters. The topological polar surface area (TPSA) is 103 Å². The van der Waals surface area contributed by atoms with Crippen LogP contribution in [-0.4, -0.2) is 44.0 Å². The first-order chi connectivity index (χ1) is 19.5. The maximum absolute atomic E-state index is 14.3. The van der Waals surface area contributed by atoms with Crippen LogP contribution in [0.5, 0.6) is 0 Å². The van der Waals surface area contributed by atoms with E-state index in [0.717, 1.165) is 65.6 Å². The van der Waals surface area contributed by atoms with Crippen molar-refractivity contribution in [1.29, 1.82) is 0 Å². The first-order valence-corrected chi connectivity index (χ1v) is 14.1. The van der Waals surface area contributed by atoms with Crippen molar-refractivity contribution in [3.8, 4) is 11.1 Å². The van der Waals surface area contributed by atoms with E-state index >= 15 is 0 Å². The minimum Gasteiger partial charge on any atom is -0.381 e. The fourth-order valence-electron chi connectivity index (χ4n) is 5.81. The lowest BCUT2D eigenvalue weighted by Gasteiger charge is -2.26. The Morgan fingerprint density at radius 3 is 2.58 bits per heavy atom. The van der Waals surface area contributed by atoms with Gasteiger partial charge in [0.25, 0.3) is 5.56 Å². The molecule has 0 bridgehead atoms. The number of benzene rings is 2. The number of aryl methyl sites for hydroxylation is 2. The van der Waals surface area contributed by atoms with Crippen LogP contribution in [0.1, 0.15) is 73.3 Å². The van der Waals surface area contributed by atoms with Crippen LogP contribution in [0.4, 0.5) is 0 Å². The molecule has 1 fully saturated rings. The molecule has 4 aromatic rings. The van der Waals surface area contributed by atoms with Crippen molar-refractivity contribution in [3.63, 3.8) is 0 Å². The van der Waals surface area contributed by atoms with Gasteiger partial charge < -0.3 is 4.74 Å². The number of carbonyl (C=O) groups is 1. The van der Waals surface area contributed by atoms with Crippen molar-refractivity contribution in [1.82, 2.24) is 24.6 Å². The van der Waals surface area contributed by atoms with Gasteiger partial charge in [0.15, 0.2) is 0 Å². The lowest BCUT2D eigenvalue weighted by atomic mass is 9.91. The number of nitrogens with one attached hydrogen (secondary N) is 1. The lowest BCUT2D eigenvalue weighted by molar-refractivity contribution is -0.119. The van der Waals surface area contributed by atoms with Gasteiger partial charge in [-0.3, -0.25) is 14.2 Å². The molecule has 4 heterocycles. The number of hydrogen-bond donors (Lipinski definition) is 1. The van der Waals surface area contributed by atoms with Crippen LogP contribution in [0.3, 0.4) is 0 Å². The minimum absolute atomic E-state index is 0.00152. The number of fused-ring (bicyclic) bond motifs is 1. The highest BCUT2D eigenvalue weighted by molar-refractivity contribution is 6.16. The van der Waals surface area contributed by atoms with Gasteiger partial charge in [0.1, 0.15) is 5.82 Å². The van der Waals surface area contributed by atoms with E-state index in [4.69, 9.17) is 14.8 Å². The third-order valence-corrected chi connectivity index (χ3v) is 7.82. The monoisotopic (exact) mass is 538 g/mol. The number of ether oxygens (including phenoxy) is 1. The molecule has 1 N–H and O–H groups in total. The van der Waals surface area contributed by atoms with Crippen molar-refractivity contribution in [3.05, 3.63) is 87.1 Å². The van der Waals surface area contributed by atoms with Gasteiger partial charge in [-0.15, -0.1) is 0 Å². The minimum atomic E-state index is -0.118. The Kier molecular flexibility index (Phi) is 7.30. The van der Waals surface area contributed by atoms with Crippen LogP contribution in [0.25, 0.3) is 16.9 Å². The van der Waals surface area contributed by atoms with Crippen molar-refractivity contribution in [2.24, 2.45) is 5.10 Å². The highest BCUT2D eigenvalue weighted by atomic mass is 16.5. The molecule has 2 aromatic heterocycles. The Labute approximate surface area is 232 Å². The van der Waals surface area contributed by atoms with Gasteiger partial charge in [-0.1, -0.05) is 55.8 Å². The average molecular weight is 539 g/mol. The predicted octanol–water partition coefficient (Wildman–Crippen LogP) is 4.38. The van der Waals surface area contributed by atoms with E-state index in [1.165, 1.54) is 0 Å². The molecule has 0 atom stereocenters. The summed E-state index contributed by atoms with van der Waals surface area (Å²) in [6, 6.07) is 16.4. The summed E-state index contributed by atoms with van der Waals surface area (Å²) in [4.78, 5) is 31.1. The molecule has 1 saturated heterocycles. The molecule has 6 rings (SSSR count). The molecule has 40 heavy (non-hydrogen) atoms. The van der Waals surface area contributed by atoms with Gasteiger partial charge in [-0.25, -0.2) is 9.94 Å². The number of nitrogens with zero attached hydrogens (tertiary/aromatic N) is 5. The second kappa shape index (κ2) is 11.2. The summed E-state index contributed by atoms with van der Waals surface area (Å²) in [5.41, 5.74) is 8.92. The van der Waals surface area contributed by atoms with Gasteiger partial charge in [0, 0.05) is 36.8 Å². The van der Waals surface area contributed by atoms with Gasteiger partial charge in [-0.2, -0.15) is 15.2 Å². The molecular formula is C31H34N6O3. The van der Waals surface area contributed by atoms with Crippen LogP contribution in [-0.2, 0) is 22.4 Å². The molecule has 2 aliphatic heterocycles. The summed E-state index contributed by atoms with van der Waals surface area (Å²) in [7, 11) is 0. The number of carbonyl (C=O) groups excluding carboxylic acids is 1.